The summed E-state index contributed by atoms with van der Waals surface area (Å²) in [6, 6.07) is 14.7. The lowest BCUT2D eigenvalue weighted by molar-refractivity contribution is 0.0705. The molecule has 0 saturated heterocycles. The second-order valence-electron chi connectivity index (χ2n) is 6.69. The summed E-state index contributed by atoms with van der Waals surface area (Å²) < 4.78 is 28.1. The topological polar surface area (TPSA) is 66.4 Å². The molecule has 144 valence electrons. The van der Waals surface area contributed by atoms with Crippen molar-refractivity contribution in [2.45, 2.75) is 56.6 Å². The Kier molecular flexibility index (Phi) is 7.20. The van der Waals surface area contributed by atoms with Gasteiger partial charge in [-0.2, -0.15) is 0 Å². The van der Waals surface area contributed by atoms with Crippen LogP contribution < -0.4 is 4.72 Å². The summed E-state index contributed by atoms with van der Waals surface area (Å²) in [6.45, 7) is 5.60. The molecule has 0 unspecified atom stereocenters. The standard InChI is InChI=1S/C22H27NO3S/c1-4-5-6-10-17-22(24,20-11-8-7-9-12-20)19(3)23-27(25,26)21-15-13-18(2)14-16-21/h7-9,11-16,19,23-24H,4-6H2,1-3H3/t19-,22+/m1/s1. The van der Waals surface area contributed by atoms with E-state index in [1.54, 1.807) is 55.5 Å². The average molecular weight is 386 g/mol. The molecule has 0 fully saturated rings. The summed E-state index contributed by atoms with van der Waals surface area (Å²) in [5, 5.41) is 11.3. The van der Waals surface area contributed by atoms with Gasteiger partial charge in [-0.05, 0) is 38.0 Å². The van der Waals surface area contributed by atoms with Crippen LogP contribution in [0.5, 0.6) is 0 Å². The van der Waals surface area contributed by atoms with Crippen molar-refractivity contribution in [2.75, 3.05) is 0 Å². The van der Waals surface area contributed by atoms with Gasteiger partial charge in [-0.15, -0.1) is 0 Å². The highest BCUT2D eigenvalue weighted by Gasteiger charge is 2.36. The fourth-order valence-electron chi connectivity index (χ4n) is 2.69. The van der Waals surface area contributed by atoms with Crippen LogP contribution in [0.4, 0.5) is 0 Å². The van der Waals surface area contributed by atoms with E-state index in [1.165, 1.54) is 0 Å². The van der Waals surface area contributed by atoms with Crippen LogP contribution in [0, 0.1) is 18.8 Å². The van der Waals surface area contributed by atoms with Gasteiger partial charge < -0.3 is 5.11 Å². The van der Waals surface area contributed by atoms with Crippen molar-refractivity contribution in [3.05, 3.63) is 65.7 Å². The van der Waals surface area contributed by atoms with Gasteiger partial charge >= 0.3 is 0 Å². The molecule has 2 N–H and O–H groups in total. The van der Waals surface area contributed by atoms with Crippen molar-refractivity contribution in [1.82, 2.24) is 4.72 Å². The van der Waals surface area contributed by atoms with E-state index < -0.39 is 21.7 Å². The lowest BCUT2D eigenvalue weighted by Gasteiger charge is -2.30. The van der Waals surface area contributed by atoms with Crippen molar-refractivity contribution in [2.24, 2.45) is 0 Å². The van der Waals surface area contributed by atoms with Crippen LogP contribution in [0.15, 0.2) is 59.5 Å². The molecule has 0 spiro atoms. The van der Waals surface area contributed by atoms with E-state index in [9.17, 15) is 13.5 Å². The summed E-state index contributed by atoms with van der Waals surface area (Å²) in [6.07, 6.45) is 2.60. The molecule has 2 rings (SSSR count). The normalized spacial score (nSPS) is 14.7. The lowest BCUT2D eigenvalue weighted by atomic mass is 9.88. The number of aryl methyl sites for hydroxylation is 1. The first kappa shape index (κ1) is 21.2. The third kappa shape index (κ3) is 5.43. The van der Waals surface area contributed by atoms with Crippen molar-refractivity contribution < 1.29 is 13.5 Å². The zero-order valence-corrected chi connectivity index (χ0v) is 16.9. The number of nitrogens with one attached hydrogen (secondary N) is 1. The van der Waals surface area contributed by atoms with E-state index >= 15 is 0 Å². The predicted octanol–water partition coefficient (Wildman–Crippen LogP) is 3.74. The second-order valence-corrected chi connectivity index (χ2v) is 8.41. The average Bonchev–Trinajstić information content (AvgIpc) is 2.65. The van der Waals surface area contributed by atoms with Gasteiger partial charge in [-0.1, -0.05) is 73.2 Å². The Balaban J connectivity index is 2.34. The van der Waals surface area contributed by atoms with Crippen molar-refractivity contribution >= 4 is 10.0 Å². The van der Waals surface area contributed by atoms with Crippen LogP contribution in [0.2, 0.25) is 0 Å². The highest BCUT2D eigenvalue weighted by Crippen LogP contribution is 2.26. The van der Waals surface area contributed by atoms with Crippen LogP contribution in [0.3, 0.4) is 0 Å². The number of hydrogen-bond donors (Lipinski definition) is 2. The summed E-state index contributed by atoms with van der Waals surface area (Å²) in [5.41, 5.74) is -0.0788. The highest BCUT2D eigenvalue weighted by molar-refractivity contribution is 7.89. The second kappa shape index (κ2) is 9.18. The van der Waals surface area contributed by atoms with E-state index in [1.807, 2.05) is 13.0 Å². The number of rotatable bonds is 7. The highest BCUT2D eigenvalue weighted by atomic mass is 32.2. The smallest absolute Gasteiger partial charge is 0.240 e. The molecular formula is C22H27NO3S. The zero-order chi connectivity index (χ0) is 19.9. The van der Waals surface area contributed by atoms with Gasteiger partial charge in [-0.25, -0.2) is 13.1 Å². The van der Waals surface area contributed by atoms with Crippen molar-refractivity contribution in [1.29, 1.82) is 0 Å². The van der Waals surface area contributed by atoms with E-state index in [0.717, 1.165) is 18.4 Å². The third-order valence-corrected chi connectivity index (χ3v) is 5.99. The van der Waals surface area contributed by atoms with Crippen molar-refractivity contribution in [3.8, 4) is 11.8 Å². The van der Waals surface area contributed by atoms with Crippen LogP contribution in [-0.2, 0) is 15.6 Å². The maximum absolute atomic E-state index is 12.7. The summed E-state index contributed by atoms with van der Waals surface area (Å²) >= 11 is 0. The molecule has 0 aliphatic carbocycles. The van der Waals surface area contributed by atoms with Gasteiger partial charge in [0.2, 0.25) is 10.0 Å². The van der Waals surface area contributed by atoms with Crippen LogP contribution >= 0.6 is 0 Å². The number of hydrogen-bond acceptors (Lipinski definition) is 3. The van der Waals surface area contributed by atoms with Gasteiger partial charge in [0.25, 0.3) is 0 Å². The molecule has 2 aromatic carbocycles. The zero-order valence-electron chi connectivity index (χ0n) is 16.1. The molecule has 0 radical (unpaired) electrons. The molecule has 2 aromatic rings. The fraction of sp³-hybridized carbons (Fsp3) is 0.364. The Labute approximate surface area is 162 Å². The minimum Gasteiger partial charge on any atom is -0.372 e. The van der Waals surface area contributed by atoms with Crippen LogP contribution in [0.25, 0.3) is 0 Å². The Morgan fingerprint density at radius 2 is 1.74 bits per heavy atom. The quantitative estimate of drug-likeness (QED) is 0.564. The maximum atomic E-state index is 12.7. The molecule has 0 heterocycles. The largest absolute Gasteiger partial charge is 0.372 e. The van der Waals surface area contributed by atoms with Crippen LogP contribution in [0.1, 0.15) is 44.2 Å². The number of sulfonamides is 1. The minimum absolute atomic E-state index is 0.161. The summed E-state index contributed by atoms with van der Waals surface area (Å²) in [5.74, 6) is 5.91. The first-order valence-corrected chi connectivity index (χ1v) is 10.6. The van der Waals surface area contributed by atoms with E-state index in [0.29, 0.717) is 12.0 Å². The molecule has 0 bridgehead atoms. The van der Waals surface area contributed by atoms with E-state index in [-0.39, 0.29) is 4.90 Å². The Morgan fingerprint density at radius 1 is 1.11 bits per heavy atom. The fourth-order valence-corrected chi connectivity index (χ4v) is 3.96. The van der Waals surface area contributed by atoms with Gasteiger partial charge in [0.15, 0.2) is 5.60 Å². The lowest BCUT2D eigenvalue weighted by Crippen LogP contribution is -2.48. The molecule has 2 atom stereocenters. The van der Waals surface area contributed by atoms with Crippen LogP contribution in [-0.4, -0.2) is 19.6 Å². The minimum atomic E-state index is -3.78. The summed E-state index contributed by atoms with van der Waals surface area (Å²) in [7, 11) is -3.78. The van der Waals surface area contributed by atoms with Gasteiger partial charge in [-0.3, -0.25) is 0 Å². The monoisotopic (exact) mass is 385 g/mol. The molecular weight excluding hydrogens is 358 g/mol. The number of unbranched alkanes of at least 4 members (excludes halogenated alkanes) is 2. The summed E-state index contributed by atoms with van der Waals surface area (Å²) in [4.78, 5) is 0.161. The first-order chi connectivity index (χ1) is 12.8. The molecule has 0 amide bonds. The Bertz CT molecular complexity index is 896. The molecule has 5 heteroatoms. The van der Waals surface area contributed by atoms with Crippen molar-refractivity contribution in [3.63, 3.8) is 0 Å². The Hall–Kier alpha value is -2.13. The molecule has 0 saturated carbocycles. The Morgan fingerprint density at radius 3 is 2.33 bits per heavy atom. The molecule has 0 aliphatic rings. The van der Waals surface area contributed by atoms with Gasteiger partial charge in [0.05, 0.1) is 10.9 Å². The molecule has 0 aromatic heterocycles. The molecule has 27 heavy (non-hydrogen) atoms. The van der Waals surface area contributed by atoms with E-state index in [4.69, 9.17) is 0 Å². The third-order valence-electron chi connectivity index (χ3n) is 4.44. The van der Waals surface area contributed by atoms with Gasteiger partial charge in [0, 0.05) is 6.42 Å². The van der Waals surface area contributed by atoms with Gasteiger partial charge in [0.1, 0.15) is 0 Å². The predicted molar refractivity (Wildman–Crippen MR) is 109 cm³/mol. The molecule has 0 aliphatic heterocycles. The van der Waals surface area contributed by atoms with E-state index in [2.05, 4.69) is 23.5 Å². The SMILES string of the molecule is CCCCC#C[C@@](O)(c1ccccc1)[C@@H](C)NS(=O)(=O)c1ccc(C)cc1. The molecule has 4 nitrogen and oxygen atoms in total. The first-order valence-electron chi connectivity index (χ1n) is 9.16. The number of benzene rings is 2. The maximum Gasteiger partial charge on any atom is 0.240 e. The number of aliphatic hydroxyl groups is 1.